The molecule has 14 heavy (non-hydrogen) atoms. The Morgan fingerprint density at radius 2 is 2.07 bits per heavy atom. The summed E-state index contributed by atoms with van der Waals surface area (Å²) in [5, 5.41) is 5.01. The van der Waals surface area contributed by atoms with Crippen LogP contribution in [-0.2, 0) is 16.6 Å². The molecule has 5 nitrogen and oxygen atoms in total. The number of nitrogens with zero attached hydrogens (tertiary/aromatic N) is 1. The molecule has 0 fully saturated rings. The van der Waals surface area contributed by atoms with E-state index in [4.69, 9.17) is 10.9 Å². The van der Waals surface area contributed by atoms with Gasteiger partial charge in [-0.2, -0.15) is 0 Å². The minimum Gasteiger partial charge on any atom is -0.346 e. The fourth-order valence-corrected chi connectivity index (χ4v) is 1.86. The third-order valence-corrected chi connectivity index (χ3v) is 2.88. The third-order valence-electron chi connectivity index (χ3n) is 2.00. The van der Waals surface area contributed by atoms with Crippen molar-refractivity contribution >= 4 is 10.0 Å². The Morgan fingerprint density at radius 3 is 2.36 bits per heavy atom. The van der Waals surface area contributed by atoms with Gasteiger partial charge in [0, 0.05) is 24.5 Å². The summed E-state index contributed by atoms with van der Waals surface area (Å²) in [5.74, 6) is 0. The van der Waals surface area contributed by atoms with Crippen LogP contribution in [0.5, 0.6) is 0 Å². The topological polar surface area (TPSA) is 91.1 Å². The van der Waals surface area contributed by atoms with E-state index >= 15 is 0 Å². The van der Waals surface area contributed by atoms with E-state index in [1.54, 1.807) is 4.57 Å². The van der Waals surface area contributed by atoms with Crippen LogP contribution >= 0.6 is 0 Å². The molecule has 0 radical (unpaired) electrons. The van der Waals surface area contributed by atoms with Crippen LogP contribution in [0.1, 0.15) is 25.6 Å². The summed E-state index contributed by atoms with van der Waals surface area (Å²) in [5.41, 5.74) is 6.26. The van der Waals surface area contributed by atoms with Crippen LogP contribution in [0.15, 0.2) is 17.2 Å². The lowest BCUT2D eigenvalue weighted by Crippen LogP contribution is -2.11. The van der Waals surface area contributed by atoms with E-state index in [1.165, 1.54) is 12.3 Å². The van der Waals surface area contributed by atoms with Gasteiger partial charge in [0.25, 0.3) is 0 Å². The summed E-state index contributed by atoms with van der Waals surface area (Å²) in [6.07, 6.45) is 1.52. The fraction of sp³-hybridized carbons (Fsp3) is 0.500. The third kappa shape index (κ3) is 2.14. The lowest BCUT2D eigenvalue weighted by Gasteiger charge is -2.10. The molecule has 0 saturated carbocycles. The molecule has 0 saturated heterocycles. The molecule has 0 unspecified atom stereocenters. The summed E-state index contributed by atoms with van der Waals surface area (Å²) in [7, 11) is -3.62. The maximum atomic E-state index is 11.1. The first-order valence-electron chi connectivity index (χ1n) is 4.30. The Kier molecular flexibility index (Phi) is 2.98. The van der Waals surface area contributed by atoms with Gasteiger partial charge in [0.05, 0.1) is 4.90 Å². The molecule has 0 bridgehead atoms. The Hall–Kier alpha value is -0.850. The normalized spacial score (nSPS) is 12.4. The largest absolute Gasteiger partial charge is 0.346 e. The van der Waals surface area contributed by atoms with Gasteiger partial charge in [0.15, 0.2) is 0 Å². The van der Waals surface area contributed by atoms with Gasteiger partial charge in [-0.05, 0) is 19.9 Å². The SMILES string of the molecule is CC(C)n1cc(S(N)(=O)=O)cc1CN. The molecule has 4 N–H and O–H groups in total. The number of nitrogens with two attached hydrogens (primary N) is 2. The quantitative estimate of drug-likeness (QED) is 0.756. The average molecular weight is 217 g/mol. The van der Waals surface area contributed by atoms with Gasteiger partial charge in [0.1, 0.15) is 0 Å². The first kappa shape index (κ1) is 11.2. The standard InChI is InChI=1S/C8H15N3O2S/c1-6(2)11-5-8(14(10,12)13)3-7(11)4-9/h3,5-6H,4,9H2,1-2H3,(H2,10,12,13). The summed E-state index contributed by atoms with van der Waals surface area (Å²) in [6.45, 7) is 4.20. The van der Waals surface area contributed by atoms with Crippen LogP contribution in [0.4, 0.5) is 0 Å². The number of hydrogen-bond donors (Lipinski definition) is 2. The van der Waals surface area contributed by atoms with E-state index in [9.17, 15) is 8.42 Å². The molecule has 0 aliphatic carbocycles. The summed E-state index contributed by atoms with van der Waals surface area (Å²) in [6, 6.07) is 1.68. The first-order chi connectivity index (χ1) is 6.36. The highest BCUT2D eigenvalue weighted by Crippen LogP contribution is 2.17. The van der Waals surface area contributed by atoms with Gasteiger partial charge in [-0.1, -0.05) is 0 Å². The number of aromatic nitrogens is 1. The minimum atomic E-state index is -3.62. The van der Waals surface area contributed by atoms with E-state index in [0.29, 0.717) is 6.54 Å². The summed E-state index contributed by atoms with van der Waals surface area (Å²) >= 11 is 0. The highest BCUT2D eigenvalue weighted by Gasteiger charge is 2.14. The second-order valence-corrected chi connectivity index (χ2v) is 4.98. The number of sulfonamides is 1. The van der Waals surface area contributed by atoms with Gasteiger partial charge < -0.3 is 10.3 Å². The monoisotopic (exact) mass is 217 g/mol. The highest BCUT2D eigenvalue weighted by molar-refractivity contribution is 7.89. The van der Waals surface area contributed by atoms with Crippen molar-refractivity contribution in [2.24, 2.45) is 10.9 Å². The molecular formula is C8H15N3O2S. The Balaban J connectivity index is 3.27. The molecule has 0 amide bonds. The summed E-state index contributed by atoms with van der Waals surface area (Å²) in [4.78, 5) is 0.117. The van der Waals surface area contributed by atoms with Gasteiger partial charge in [-0.3, -0.25) is 0 Å². The fourth-order valence-electron chi connectivity index (χ4n) is 1.30. The maximum Gasteiger partial charge on any atom is 0.239 e. The molecule has 1 rings (SSSR count). The zero-order chi connectivity index (χ0) is 10.9. The van der Waals surface area contributed by atoms with E-state index in [-0.39, 0.29) is 10.9 Å². The predicted octanol–water partition coefficient (Wildman–Crippen LogP) is 0.175. The van der Waals surface area contributed by atoms with E-state index in [1.807, 2.05) is 13.8 Å². The number of primary sulfonamides is 1. The van der Waals surface area contributed by atoms with Crippen molar-refractivity contribution in [1.29, 1.82) is 0 Å². The minimum absolute atomic E-state index is 0.117. The number of rotatable bonds is 3. The van der Waals surface area contributed by atoms with Crippen molar-refractivity contribution < 1.29 is 8.42 Å². The maximum absolute atomic E-state index is 11.1. The van der Waals surface area contributed by atoms with Gasteiger partial charge >= 0.3 is 0 Å². The second kappa shape index (κ2) is 3.72. The van der Waals surface area contributed by atoms with E-state index in [2.05, 4.69) is 0 Å². The zero-order valence-electron chi connectivity index (χ0n) is 8.27. The zero-order valence-corrected chi connectivity index (χ0v) is 9.08. The molecule has 0 aromatic carbocycles. The second-order valence-electron chi connectivity index (χ2n) is 3.42. The van der Waals surface area contributed by atoms with Crippen LogP contribution < -0.4 is 10.9 Å². The lowest BCUT2D eigenvalue weighted by molar-refractivity contribution is 0.573. The van der Waals surface area contributed by atoms with Crippen molar-refractivity contribution in [3.63, 3.8) is 0 Å². The van der Waals surface area contributed by atoms with Crippen molar-refractivity contribution in [3.05, 3.63) is 18.0 Å². The number of hydrogen-bond acceptors (Lipinski definition) is 3. The molecule has 0 spiro atoms. The predicted molar refractivity (Wildman–Crippen MR) is 54.1 cm³/mol. The summed E-state index contributed by atoms with van der Waals surface area (Å²) < 4.78 is 23.9. The smallest absolute Gasteiger partial charge is 0.239 e. The molecule has 1 aromatic heterocycles. The molecule has 0 aliphatic heterocycles. The Bertz CT molecular complexity index is 420. The van der Waals surface area contributed by atoms with Gasteiger partial charge in [0.2, 0.25) is 10.0 Å². The van der Waals surface area contributed by atoms with Crippen molar-refractivity contribution in [3.8, 4) is 0 Å². The lowest BCUT2D eigenvalue weighted by atomic mass is 10.3. The van der Waals surface area contributed by atoms with E-state index in [0.717, 1.165) is 5.69 Å². The van der Waals surface area contributed by atoms with Crippen molar-refractivity contribution in [1.82, 2.24) is 4.57 Å². The van der Waals surface area contributed by atoms with Crippen LogP contribution in [0, 0.1) is 0 Å². The van der Waals surface area contributed by atoms with Gasteiger partial charge in [-0.25, -0.2) is 13.6 Å². The Morgan fingerprint density at radius 1 is 1.50 bits per heavy atom. The van der Waals surface area contributed by atoms with Crippen LogP contribution in [0.25, 0.3) is 0 Å². The van der Waals surface area contributed by atoms with Crippen molar-refractivity contribution in [2.75, 3.05) is 0 Å². The van der Waals surface area contributed by atoms with Crippen molar-refractivity contribution in [2.45, 2.75) is 31.3 Å². The molecule has 0 atom stereocenters. The Labute approximate surface area is 83.8 Å². The van der Waals surface area contributed by atoms with Crippen LogP contribution in [0.2, 0.25) is 0 Å². The molecular weight excluding hydrogens is 202 g/mol. The molecule has 6 heteroatoms. The molecule has 1 heterocycles. The molecule has 80 valence electrons. The first-order valence-corrected chi connectivity index (χ1v) is 5.84. The highest BCUT2D eigenvalue weighted by atomic mass is 32.2. The molecule has 0 aliphatic rings. The van der Waals surface area contributed by atoms with Gasteiger partial charge in [-0.15, -0.1) is 0 Å². The van der Waals surface area contributed by atoms with Crippen LogP contribution in [-0.4, -0.2) is 13.0 Å². The average Bonchev–Trinajstić information content (AvgIpc) is 2.45. The molecule has 1 aromatic rings. The van der Waals surface area contributed by atoms with E-state index < -0.39 is 10.0 Å². The van der Waals surface area contributed by atoms with Crippen LogP contribution in [0.3, 0.4) is 0 Å².